The van der Waals surface area contributed by atoms with E-state index in [4.69, 9.17) is 0 Å². The first-order chi connectivity index (χ1) is 12.3. The second kappa shape index (κ2) is 7.17. The molecule has 0 bridgehead atoms. The van der Waals surface area contributed by atoms with Gasteiger partial charge in [0.05, 0.1) is 21.1 Å². The normalized spacial score (nSPS) is 11.2. The number of rotatable bonds is 3. The average Bonchev–Trinajstić information content (AvgIpc) is 3.01. The lowest BCUT2D eigenvalue weighted by molar-refractivity contribution is -0.137. The standard InChI is InChI=1S/C18H14F3N3OS/c1-11-22-10-16(26-11)14-7-2-3-8-15(14)24-17(25)23-13-6-4-5-12(9-13)18(19,20)21/h2-10H,1H3,(H2,23,24,25). The number of hydrogen-bond acceptors (Lipinski definition) is 3. The Kier molecular flexibility index (Phi) is 4.94. The number of hydrogen-bond donors (Lipinski definition) is 2. The second-order valence-corrected chi connectivity index (χ2v) is 6.68. The van der Waals surface area contributed by atoms with E-state index in [0.717, 1.165) is 27.6 Å². The minimum atomic E-state index is -4.47. The topological polar surface area (TPSA) is 54.0 Å². The van der Waals surface area contributed by atoms with Gasteiger partial charge in [-0.2, -0.15) is 13.2 Å². The van der Waals surface area contributed by atoms with Crippen molar-refractivity contribution in [2.24, 2.45) is 0 Å². The number of halogens is 3. The Balaban J connectivity index is 1.77. The van der Waals surface area contributed by atoms with Crippen LogP contribution < -0.4 is 10.6 Å². The van der Waals surface area contributed by atoms with E-state index >= 15 is 0 Å². The number of aryl methyl sites for hydroxylation is 1. The van der Waals surface area contributed by atoms with Crippen molar-refractivity contribution in [3.8, 4) is 10.4 Å². The number of alkyl halides is 3. The van der Waals surface area contributed by atoms with Gasteiger partial charge in [0.2, 0.25) is 0 Å². The highest BCUT2D eigenvalue weighted by molar-refractivity contribution is 7.15. The van der Waals surface area contributed by atoms with Gasteiger partial charge in [0.25, 0.3) is 0 Å². The van der Waals surface area contributed by atoms with Crippen molar-refractivity contribution in [3.05, 3.63) is 65.3 Å². The molecule has 4 nitrogen and oxygen atoms in total. The molecule has 0 aliphatic heterocycles. The molecule has 8 heteroatoms. The summed E-state index contributed by atoms with van der Waals surface area (Å²) in [6.07, 6.45) is -2.75. The summed E-state index contributed by atoms with van der Waals surface area (Å²) < 4.78 is 38.3. The molecule has 134 valence electrons. The summed E-state index contributed by atoms with van der Waals surface area (Å²) in [7, 11) is 0. The zero-order chi connectivity index (χ0) is 18.7. The molecule has 2 aromatic carbocycles. The third kappa shape index (κ3) is 4.20. The predicted octanol–water partition coefficient (Wildman–Crippen LogP) is 5.78. The number of para-hydroxylation sites is 1. The second-order valence-electron chi connectivity index (χ2n) is 5.45. The number of thiazole rings is 1. The summed E-state index contributed by atoms with van der Waals surface area (Å²) in [6, 6.07) is 11.0. The highest BCUT2D eigenvalue weighted by Gasteiger charge is 2.30. The lowest BCUT2D eigenvalue weighted by Crippen LogP contribution is -2.20. The van der Waals surface area contributed by atoms with Gasteiger partial charge in [-0.25, -0.2) is 9.78 Å². The fourth-order valence-electron chi connectivity index (χ4n) is 2.35. The molecule has 2 N–H and O–H groups in total. The Morgan fingerprint density at radius 1 is 1.08 bits per heavy atom. The quantitative estimate of drug-likeness (QED) is 0.608. The largest absolute Gasteiger partial charge is 0.416 e. The van der Waals surface area contributed by atoms with Crippen molar-refractivity contribution in [1.29, 1.82) is 0 Å². The first kappa shape index (κ1) is 17.9. The van der Waals surface area contributed by atoms with Gasteiger partial charge in [-0.05, 0) is 31.2 Å². The van der Waals surface area contributed by atoms with Crippen LogP contribution in [0, 0.1) is 6.92 Å². The fourth-order valence-corrected chi connectivity index (χ4v) is 3.17. The van der Waals surface area contributed by atoms with E-state index in [-0.39, 0.29) is 5.69 Å². The molecule has 0 atom stereocenters. The summed E-state index contributed by atoms with van der Waals surface area (Å²) in [6.45, 7) is 1.88. The van der Waals surface area contributed by atoms with Crippen LogP contribution in [0.1, 0.15) is 10.6 Å². The van der Waals surface area contributed by atoms with E-state index in [1.165, 1.54) is 23.5 Å². The van der Waals surface area contributed by atoms with Crippen LogP contribution in [0.5, 0.6) is 0 Å². The third-order valence-corrected chi connectivity index (χ3v) is 4.46. The molecule has 1 aromatic heterocycles. The van der Waals surface area contributed by atoms with E-state index in [9.17, 15) is 18.0 Å². The van der Waals surface area contributed by atoms with Crippen molar-refractivity contribution in [2.75, 3.05) is 10.6 Å². The first-order valence-corrected chi connectivity index (χ1v) is 8.42. The van der Waals surface area contributed by atoms with Crippen molar-refractivity contribution in [1.82, 2.24) is 4.98 Å². The van der Waals surface area contributed by atoms with Crippen molar-refractivity contribution >= 4 is 28.7 Å². The maximum atomic E-state index is 12.8. The van der Waals surface area contributed by atoms with Crippen molar-refractivity contribution < 1.29 is 18.0 Å². The molecule has 0 saturated heterocycles. The van der Waals surface area contributed by atoms with E-state index in [1.54, 1.807) is 18.3 Å². The predicted molar refractivity (Wildman–Crippen MR) is 96.4 cm³/mol. The van der Waals surface area contributed by atoms with Gasteiger partial charge in [-0.15, -0.1) is 11.3 Å². The van der Waals surface area contributed by atoms with Gasteiger partial charge in [0, 0.05) is 17.4 Å². The molecule has 0 spiro atoms. The molecule has 3 rings (SSSR count). The number of nitrogens with zero attached hydrogens (tertiary/aromatic N) is 1. The van der Waals surface area contributed by atoms with Crippen LogP contribution in [-0.2, 0) is 6.18 Å². The summed E-state index contributed by atoms with van der Waals surface area (Å²) >= 11 is 1.48. The summed E-state index contributed by atoms with van der Waals surface area (Å²) in [5.41, 5.74) is 0.567. The Hall–Kier alpha value is -2.87. The minimum Gasteiger partial charge on any atom is -0.308 e. The number of carbonyl (C=O) groups excluding carboxylic acids is 1. The first-order valence-electron chi connectivity index (χ1n) is 7.60. The molecule has 3 aromatic rings. The maximum Gasteiger partial charge on any atom is 0.416 e. The molecule has 1 heterocycles. The third-order valence-electron chi connectivity index (χ3n) is 3.51. The van der Waals surface area contributed by atoms with Crippen molar-refractivity contribution in [3.63, 3.8) is 0 Å². The van der Waals surface area contributed by atoms with Gasteiger partial charge in [-0.1, -0.05) is 24.3 Å². The molecule has 2 amide bonds. The molecule has 0 aliphatic rings. The number of carbonyl (C=O) groups is 1. The van der Waals surface area contributed by atoms with E-state index < -0.39 is 17.8 Å². The van der Waals surface area contributed by atoms with Gasteiger partial charge in [0.1, 0.15) is 0 Å². The van der Waals surface area contributed by atoms with Crippen LogP contribution >= 0.6 is 11.3 Å². The molecule has 0 fully saturated rings. The lowest BCUT2D eigenvalue weighted by Gasteiger charge is -2.12. The summed E-state index contributed by atoms with van der Waals surface area (Å²) in [5, 5.41) is 5.99. The van der Waals surface area contributed by atoms with E-state index in [2.05, 4.69) is 15.6 Å². The molecule has 0 aliphatic carbocycles. The van der Waals surface area contributed by atoms with Crippen LogP contribution in [0.15, 0.2) is 54.7 Å². The fraction of sp³-hybridized carbons (Fsp3) is 0.111. The van der Waals surface area contributed by atoms with Gasteiger partial charge in [-0.3, -0.25) is 0 Å². The lowest BCUT2D eigenvalue weighted by atomic mass is 10.1. The van der Waals surface area contributed by atoms with E-state index in [0.29, 0.717) is 5.69 Å². The van der Waals surface area contributed by atoms with Gasteiger partial charge >= 0.3 is 12.2 Å². The smallest absolute Gasteiger partial charge is 0.308 e. The number of benzene rings is 2. The Morgan fingerprint density at radius 3 is 2.54 bits per heavy atom. The summed E-state index contributed by atoms with van der Waals surface area (Å²) in [5.74, 6) is 0. The number of urea groups is 1. The highest BCUT2D eigenvalue weighted by atomic mass is 32.1. The number of aromatic nitrogens is 1. The van der Waals surface area contributed by atoms with Crippen molar-refractivity contribution in [2.45, 2.75) is 13.1 Å². The minimum absolute atomic E-state index is 0.0587. The molecule has 0 radical (unpaired) electrons. The van der Waals surface area contributed by atoms with Crippen LogP contribution in [0.3, 0.4) is 0 Å². The maximum absolute atomic E-state index is 12.8. The number of nitrogens with one attached hydrogen (secondary N) is 2. The molecule has 0 saturated carbocycles. The monoisotopic (exact) mass is 377 g/mol. The van der Waals surface area contributed by atoms with Gasteiger partial charge in [0.15, 0.2) is 0 Å². The molecular formula is C18H14F3N3OS. The zero-order valence-electron chi connectivity index (χ0n) is 13.6. The summed E-state index contributed by atoms with van der Waals surface area (Å²) in [4.78, 5) is 17.3. The average molecular weight is 377 g/mol. The van der Waals surface area contributed by atoms with E-state index in [1.807, 2.05) is 19.1 Å². The van der Waals surface area contributed by atoms with Crippen LogP contribution in [0.25, 0.3) is 10.4 Å². The molecule has 26 heavy (non-hydrogen) atoms. The van der Waals surface area contributed by atoms with Crippen LogP contribution in [-0.4, -0.2) is 11.0 Å². The zero-order valence-corrected chi connectivity index (χ0v) is 14.4. The Morgan fingerprint density at radius 2 is 1.85 bits per heavy atom. The number of anilines is 2. The van der Waals surface area contributed by atoms with Gasteiger partial charge < -0.3 is 10.6 Å². The number of amides is 2. The Labute approximate surface area is 151 Å². The van der Waals surface area contributed by atoms with Crippen LogP contribution in [0.2, 0.25) is 0 Å². The highest BCUT2D eigenvalue weighted by Crippen LogP contribution is 2.33. The SMILES string of the molecule is Cc1ncc(-c2ccccc2NC(=O)Nc2cccc(C(F)(F)F)c2)s1. The Bertz CT molecular complexity index is 937. The molecular weight excluding hydrogens is 363 g/mol. The van der Waals surface area contributed by atoms with Crippen LogP contribution in [0.4, 0.5) is 29.3 Å². The molecule has 0 unspecified atom stereocenters.